The van der Waals surface area contributed by atoms with Crippen LogP contribution in [0.25, 0.3) is 32.9 Å². The topological polar surface area (TPSA) is 94.5 Å². The van der Waals surface area contributed by atoms with Crippen LogP contribution in [0, 0.1) is 27.7 Å². The van der Waals surface area contributed by atoms with Crippen LogP contribution >= 0.6 is 23.2 Å². The molecule has 6 aromatic rings. The molecule has 50 heavy (non-hydrogen) atoms. The third-order valence-corrected chi connectivity index (χ3v) is 11.0. The van der Waals surface area contributed by atoms with Crippen molar-refractivity contribution in [3.63, 3.8) is 0 Å². The lowest BCUT2D eigenvalue weighted by molar-refractivity contribution is 0.0699. The van der Waals surface area contributed by atoms with Gasteiger partial charge in [0.05, 0.1) is 39.6 Å². The van der Waals surface area contributed by atoms with Gasteiger partial charge in [0.1, 0.15) is 11.4 Å². The molecule has 0 saturated carbocycles. The maximum atomic E-state index is 15.0. The van der Waals surface area contributed by atoms with Crippen molar-refractivity contribution in [3.05, 3.63) is 98.0 Å². The smallest absolute Gasteiger partial charge is 0.336 e. The van der Waals surface area contributed by atoms with Crippen molar-refractivity contribution in [3.8, 4) is 16.9 Å². The molecule has 7 rings (SSSR count). The number of aromatic nitrogens is 4. The Kier molecular flexibility index (Phi) is 8.47. The molecule has 1 unspecified atom stereocenters. The number of carbonyl (C=O) groups excluding carboxylic acids is 1. The fourth-order valence-electron chi connectivity index (χ4n) is 7.74. The van der Waals surface area contributed by atoms with Crippen molar-refractivity contribution in [1.82, 2.24) is 18.9 Å². The number of ether oxygens (including phenoxy) is 1. The Balaban J connectivity index is 1.38. The molecule has 0 bridgehead atoms. The number of carbonyl (C=O) groups is 2. The van der Waals surface area contributed by atoms with Gasteiger partial charge >= 0.3 is 5.97 Å². The zero-order valence-electron chi connectivity index (χ0n) is 29.2. The van der Waals surface area contributed by atoms with Crippen molar-refractivity contribution >= 4 is 62.6 Å². The second-order valence-electron chi connectivity index (χ2n) is 13.4. The quantitative estimate of drug-likeness (QED) is 0.159. The van der Waals surface area contributed by atoms with Gasteiger partial charge in [-0.3, -0.25) is 9.48 Å². The van der Waals surface area contributed by atoms with E-state index < -0.39 is 5.97 Å². The average Bonchev–Trinajstić information content (AvgIpc) is 3.70. The molecule has 9 nitrogen and oxygen atoms in total. The van der Waals surface area contributed by atoms with E-state index in [1.807, 2.05) is 81.5 Å². The predicted molar refractivity (Wildman–Crippen MR) is 200 cm³/mol. The maximum Gasteiger partial charge on any atom is 0.336 e. The van der Waals surface area contributed by atoms with Crippen LogP contribution in [0.5, 0.6) is 5.75 Å². The van der Waals surface area contributed by atoms with Crippen LogP contribution in [-0.4, -0.2) is 49.0 Å². The summed E-state index contributed by atoms with van der Waals surface area (Å²) >= 11 is 13.5. The standard InChI is InChI=1S/C39H39Cl2N5O4/c1-20-17-25(18-21(2)34(20)41)50-16-8-9-26-27-10-12-30(40)33(32-23(4)42-44(7)24(32)5)36(27)46-22(3)19-45(38(47)37(26)46)31-13-11-29(39(48)49)28-14-15-43(6)35(28)31/h10-15,17-18,22H,8-9,16,19H2,1-7H3,(H,48,49). The minimum Gasteiger partial charge on any atom is -0.494 e. The lowest BCUT2D eigenvalue weighted by atomic mass is 9.98. The molecule has 4 heterocycles. The highest BCUT2D eigenvalue weighted by Crippen LogP contribution is 2.45. The van der Waals surface area contributed by atoms with E-state index in [2.05, 4.69) is 11.5 Å². The molecule has 1 aliphatic heterocycles. The number of aromatic carboxylic acids is 1. The molecule has 258 valence electrons. The van der Waals surface area contributed by atoms with Gasteiger partial charge in [0, 0.05) is 65.5 Å². The van der Waals surface area contributed by atoms with Crippen molar-refractivity contribution < 1.29 is 19.4 Å². The van der Waals surface area contributed by atoms with E-state index in [1.165, 1.54) is 0 Å². The van der Waals surface area contributed by atoms with E-state index in [9.17, 15) is 14.7 Å². The Morgan fingerprint density at radius 2 is 1.70 bits per heavy atom. The number of hydrogen-bond acceptors (Lipinski definition) is 4. The second-order valence-corrected chi connectivity index (χ2v) is 14.2. The third-order valence-electron chi connectivity index (χ3n) is 10.1. The number of carboxylic acid groups (broad SMARTS) is 1. The SMILES string of the molecule is Cc1cc(OCCCc2c3n(c4c(-c5c(C)nn(C)c5C)c(Cl)ccc24)C(C)CN(c2ccc(C(=O)O)c4ccn(C)c24)C3=O)cc(C)c1Cl. The Bertz CT molecular complexity index is 2360. The molecule has 11 heteroatoms. The Morgan fingerprint density at radius 1 is 0.980 bits per heavy atom. The number of hydrogen-bond donors (Lipinski definition) is 1. The van der Waals surface area contributed by atoms with E-state index in [0.29, 0.717) is 53.3 Å². The molecular weight excluding hydrogens is 673 g/mol. The molecule has 0 fully saturated rings. The summed E-state index contributed by atoms with van der Waals surface area (Å²) in [6.45, 7) is 10.9. The lowest BCUT2D eigenvalue weighted by Crippen LogP contribution is -2.43. The normalized spacial score (nSPS) is 14.6. The average molecular weight is 713 g/mol. The number of fused-ring (bicyclic) bond motifs is 4. The van der Waals surface area contributed by atoms with Crippen LogP contribution in [0.1, 0.15) is 68.3 Å². The molecule has 0 radical (unpaired) electrons. The van der Waals surface area contributed by atoms with Gasteiger partial charge in [0.25, 0.3) is 5.91 Å². The number of halogens is 2. The molecule has 0 spiro atoms. The van der Waals surface area contributed by atoms with E-state index >= 15 is 0 Å². The first-order chi connectivity index (χ1) is 23.8. The first kappa shape index (κ1) is 33.8. The summed E-state index contributed by atoms with van der Waals surface area (Å²) in [5.74, 6) is -0.395. The minimum atomic E-state index is -1.01. The highest BCUT2D eigenvalue weighted by atomic mass is 35.5. The number of benzene rings is 3. The highest BCUT2D eigenvalue weighted by molar-refractivity contribution is 6.35. The van der Waals surface area contributed by atoms with Gasteiger partial charge in [-0.25, -0.2) is 4.79 Å². The summed E-state index contributed by atoms with van der Waals surface area (Å²) in [6, 6.07) is 12.8. The van der Waals surface area contributed by atoms with Crippen LogP contribution in [0.15, 0.2) is 48.7 Å². The Labute approximate surface area is 300 Å². The summed E-state index contributed by atoms with van der Waals surface area (Å²) in [7, 11) is 3.79. The zero-order valence-corrected chi connectivity index (χ0v) is 30.7. The van der Waals surface area contributed by atoms with Gasteiger partial charge in [-0.2, -0.15) is 5.10 Å². The molecule has 3 aromatic carbocycles. The summed E-state index contributed by atoms with van der Waals surface area (Å²) in [4.78, 5) is 28.9. The molecule has 0 saturated heterocycles. The van der Waals surface area contributed by atoms with Gasteiger partial charge < -0.3 is 23.9 Å². The zero-order chi connectivity index (χ0) is 35.8. The summed E-state index contributed by atoms with van der Waals surface area (Å²) in [6.07, 6.45) is 3.07. The minimum absolute atomic E-state index is 0.140. The number of carboxylic acids is 1. The second kappa shape index (κ2) is 12.5. The number of amides is 1. The van der Waals surface area contributed by atoms with Gasteiger partial charge in [-0.15, -0.1) is 0 Å². The van der Waals surface area contributed by atoms with E-state index in [0.717, 1.165) is 60.9 Å². The van der Waals surface area contributed by atoms with Crippen LogP contribution < -0.4 is 9.64 Å². The molecule has 0 aliphatic carbocycles. The van der Waals surface area contributed by atoms with Crippen molar-refractivity contribution in [2.45, 2.75) is 53.5 Å². The molecule has 1 atom stereocenters. The summed E-state index contributed by atoms with van der Waals surface area (Å²) < 4.78 is 12.1. The van der Waals surface area contributed by atoms with Gasteiger partial charge in [-0.1, -0.05) is 29.3 Å². The van der Waals surface area contributed by atoms with E-state index in [-0.39, 0.29) is 17.5 Å². The fourth-order valence-corrected chi connectivity index (χ4v) is 8.09. The lowest BCUT2D eigenvalue weighted by Gasteiger charge is -2.35. The highest BCUT2D eigenvalue weighted by Gasteiger charge is 2.37. The van der Waals surface area contributed by atoms with Crippen molar-refractivity contribution in [2.75, 3.05) is 18.1 Å². The van der Waals surface area contributed by atoms with Gasteiger partial charge in [0.15, 0.2) is 0 Å². The van der Waals surface area contributed by atoms with Gasteiger partial charge in [0.2, 0.25) is 0 Å². The monoisotopic (exact) mass is 711 g/mol. The van der Waals surface area contributed by atoms with Crippen molar-refractivity contribution in [1.29, 1.82) is 0 Å². The fraction of sp³-hybridized carbons (Fsp3) is 0.308. The predicted octanol–water partition coefficient (Wildman–Crippen LogP) is 9.01. The molecular formula is C39H39Cl2N5O4. The van der Waals surface area contributed by atoms with E-state index in [1.54, 1.807) is 23.1 Å². The number of anilines is 1. The Hall–Kier alpha value is -4.73. The number of rotatable bonds is 8. The van der Waals surface area contributed by atoms with E-state index in [4.69, 9.17) is 33.0 Å². The molecule has 1 aliphatic rings. The third kappa shape index (κ3) is 5.26. The van der Waals surface area contributed by atoms with Crippen LogP contribution in [0.3, 0.4) is 0 Å². The van der Waals surface area contributed by atoms with Crippen LogP contribution in [0.2, 0.25) is 10.0 Å². The first-order valence-corrected chi connectivity index (χ1v) is 17.4. The van der Waals surface area contributed by atoms with Gasteiger partial charge in [-0.05, 0) is 101 Å². The molecule has 1 amide bonds. The largest absolute Gasteiger partial charge is 0.494 e. The first-order valence-electron chi connectivity index (χ1n) is 16.7. The maximum absolute atomic E-state index is 15.0. The number of aryl methyl sites for hydroxylation is 6. The number of nitrogens with zero attached hydrogens (tertiary/aromatic N) is 5. The Morgan fingerprint density at radius 3 is 2.36 bits per heavy atom. The summed E-state index contributed by atoms with van der Waals surface area (Å²) in [5.41, 5.74) is 9.61. The molecule has 1 N–H and O–H groups in total. The van der Waals surface area contributed by atoms with Crippen LogP contribution in [0.4, 0.5) is 5.69 Å². The van der Waals surface area contributed by atoms with Crippen molar-refractivity contribution in [2.24, 2.45) is 14.1 Å². The summed E-state index contributed by atoms with van der Waals surface area (Å²) in [5, 5.41) is 17.5. The molecule has 3 aromatic heterocycles. The van der Waals surface area contributed by atoms with Crippen LogP contribution in [-0.2, 0) is 20.5 Å².